The van der Waals surface area contributed by atoms with Crippen molar-refractivity contribution in [2.75, 3.05) is 38.5 Å². The maximum Gasteiger partial charge on any atom is 0.416 e. The molecule has 206 valence electrons. The Morgan fingerprint density at radius 3 is 2.58 bits per heavy atom. The van der Waals surface area contributed by atoms with Gasteiger partial charge in [0.1, 0.15) is 11.3 Å². The van der Waals surface area contributed by atoms with Crippen molar-refractivity contribution in [3.8, 4) is 11.8 Å². The Morgan fingerprint density at radius 1 is 1.02 bits per heavy atom. The van der Waals surface area contributed by atoms with Gasteiger partial charge in [0, 0.05) is 55.7 Å². The maximum absolute atomic E-state index is 13.7. The van der Waals surface area contributed by atoms with E-state index in [1.54, 1.807) is 24.4 Å². The minimum absolute atomic E-state index is 0.113. The molecule has 0 atom stereocenters. The number of alkyl halides is 3. The molecule has 0 saturated carbocycles. The molecule has 0 spiro atoms. The molecule has 0 bridgehead atoms. The monoisotopic (exact) mass is 545 g/mol. The first kappa shape index (κ1) is 27.4. The Kier molecular flexibility index (Phi) is 7.92. The third-order valence-electron chi connectivity index (χ3n) is 7.08. The maximum atomic E-state index is 13.7. The number of pyridine rings is 1. The van der Waals surface area contributed by atoms with Gasteiger partial charge < -0.3 is 10.2 Å². The zero-order chi connectivity index (χ0) is 28.3. The lowest BCUT2D eigenvalue weighted by Crippen LogP contribution is -2.43. The molecule has 9 heteroatoms. The van der Waals surface area contributed by atoms with Crippen LogP contribution >= 0.6 is 0 Å². The predicted molar refractivity (Wildman–Crippen MR) is 149 cm³/mol. The molecule has 1 saturated heterocycles. The molecule has 1 N–H and O–H groups in total. The second kappa shape index (κ2) is 11.5. The summed E-state index contributed by atoms with van der Waals surface area (Å²) in [6, 6.07) is 14.6. The van der Waals surface area contributed by atoms with Crippen LogP contribution in [0, 0.1) is 11.8 Å². The molecule has 0 radical (unpaired) electrons. The van der Waals surface area contributed by atoms with Gasteiger partial charge in [-0.15, -0.1) is 0 Å². The van der Waals surface area contributed by atoms with Gasteiger partial charge in [-0.1, -0.05) is 25.0 Å². The van der Waals surface area contributed by atoms with Crippen molar-refractivity contribution in [1.82, 2.24) is 19.2 Å². The lowest BCUT2D eigenvalue weighted by atomic mass is 10.0. The van der Waals surface area contributed by atoms with Crippen molar-refractivity contribution in [1.29, 1.82) is 0 Å². The number of halogens is 3. The van der Waals surface area contributed by atoms with Crippen LogP contribution in [0.4, 0.5) is 18.9 Å². The van der Waals surface area contributed by atoms with Gasteiger partial charge in [-0.3, -0.25) is 14.1 Å². The summed E-state index contributed by atoms with van der Waals surface area (Å²) in [5, 5.41) is 2.69. The topological polar surface area (TPSA) is 52.9 Å². The van der Waals surface area contributed by atoms with Gasteiger partial charge in [0.25, 0.3) is 5.91 Å². The Balaban J connectivity index is 1.40. The van der Waals surface area contributed by atoms with Crippen LogP contribution in [-0.2, 0) is 19.1 Å². The van der Waals surface area contributed by atoms with E-state index in [4.69, 9.17) is 0 Å². The van der Waals surface area contributed by atoms with Crippen LogP contribution in [0.25, 0.3) is 5.65 Å². The molecule has 1 aliphatic heterocycles. The average Bonchev–Trinajstić information content (AvgIpc) is 3.35. The summed E-state index contributed by atoms with van der Waals surface area (Å²) in [5.41, 5.74) is 3.30. The quantitative estimate of drug-likeness (QED) is 0.345. The van der Waals surface area contributed by atoms with Crippen molar-refractivity contribution < 1.29 is 18.0 Å². The number of nitrogens with zero attached hydrogens (tertiary/aromatic N) is 4. The van der Waals surface area contributed by atoms with Gasteiger partial charge in [0.2, 0.25) is 0 Å². The van der Waals surface area contributed by atoms with E-state index in [0.29, 0.717) is 35.3 Å². The summed E-state index contributed by atoms with van der Waals surface area (Å²) >= 11 is 0. The number of hydrogen-bond acceptors (Lipinski definition) is 4. The number of piperazine rings is 1. The van der Waals surface area contributed by atoms with Gasteiger partial charge in [0.05, 0.1) is 11.8 Å². The zero-order valence-corrected chi connectivity index (χ0v) is 22.4. The Hall–Kier alpha value is -4.13. The minimum atomic E-state index is -4.53. The van der Waals surface area contributed by atoms with Crippen LogP contribution in [0.3, 0.4) is 0 Å². The van der Waals surface area contributed by atoms with E-state index in [9.17, 15) is 18.0 Å². The van der Waals surface area contributed by atoms with Gasteiger partial charge >= 0.3 is 6.18 Å². The first-order chi connectivity index (χ1) is 19.2. The van der Waals surface area contributed by atoms with Gasteiger partial charge in [0.15, 0.2) is 0 Å². The molecule has 2 aromatic heterocycles. The van der Waals surface area contributed by atoms with E-state index in [1.807, 2.05) is 48.8 Å². The largest absolute Gasteiger partial charge is 0.416 e. The molecule has 40 heavy (non-hydrogen) atoms. The van der Waals surface area contributed by atoms with Crippen molar-refractivity contribution in [3.05, 3.63) is 101 Å². The number of benzene rings is 2. The standard InChI is InChI=1S/C31H30F3N5O/c1-3-23-7-8-25(18-24(23)9-10-28-20-35-29-6-4-5-11-39(28)29)30(40)36-27-17-22(16-26(19-27)31(32,33)34)21-38-14-12-37(2)13-15-38/h4-8,11,16-20H,3,12-15,21H2,1-2H3,(H,36,40). The molecular formula is C31H30F3N5O. The summed E-state index contributed by atoms with van der Waals surface area (Å²) in [4.78, 5) is 21.9. The fourth-order valence-corrected chi connectivity index (χ4v) is 4.79. The molecule has 1 fully saturated rings. The number of fused-ring (bicyclic) bond motifs is 1. The highest BCUT2D eigenvalue weighted by Gasteiger charge is 2.31. The van der Waals surface area contributed by atoms with Crippen molar-refractivity contribution in [2.24, 2.45) is 0 Å². The number of aromatic nitrogens is 2. The van der Waals surface area contributed by atoms with E-state index in [1.165, 1.54) is 0 Å². The Labute approximate surface area is 231 Å². The number of carbonyl (C=O) groups is 1. The molecule has 0 aliphatic carbocycles. The molecular weight excluding hydrogens is 515 g/mol. The highest BCUT2D eigenvalue weighted by atomic mass is 19.4. The van der Waals surface area contributed by atoms with E-state index in [-0.39, 0.29) is 5.69 Å². The van der Waals surface area contributed by atoms with Gasteiger partial charge in [-0.05, 0) is 73.0 Å². The Morgan fingerprint density at radius 2 is 1.82 bits per heavy atom. The molecule has 2 aromatic carbocycles. The molecule has 6 nitrogen and oxygen atoms in total. The number of carbonyl (C=O) groups excluding carboxylic acids is 1. The van der Waals surface area contributed by atoms with Crippen molar-refractivity contribution >= 4 is 17.2 Å². The van der Waals surface area contributed by atoms with E-state index < -0.39 is 17.6 Å². The normalized spacial score (nSPS) is 14.6. The number of aryl methyl sites for hydroxylation is 1. The predicted octanol–water partition coefficient (Wildman–Crippen LogP) is 5.32. The van der Waals surface area contributed by atoms with Gasteiger partial charge in [-0.2, -0.15) is 13.2 Å². The number of nitrogens with one attached hydrogen (secondary N) is 1. The average molecular weight is 546 g/mol. The van der Waals surface area contributed by atoms with Crippen LogP contribution in [-0.4, -0.2) is 58.3 Å². The van der Waals surface area contributed by atoms with Crippen LogP contribution in [0.2, 0.25) is 0 Å². The van der Waals surface area contributed by atoms with Crippen LogP contribution in [0.5, 0.6) is 0 Å². The number of amides is 1. The SMILES string of the molecule is CCc1ccc(C(=O)Nc2cc(CN3CCN(C)CC3)cc(C(F)(F)F)c2)cc1C#Cc1cnc2ccccn12. The number of rotatable bonds is 5. The molecule has 1 amide bonds. The van der Waals surface area contributed by atoms with Crippen molar-refractivity contribution in [2.45, 2.75) is 26.1 Å². The first-order valence-corrected chi connectivity index (χ1v) is 13.2. The lowest BCUT2D eigenvalue weighted by molar-refractivity contribution is -0.137. The number of anilines is 1. The smallest absolute Gasteiger partial charge is 0.322 e. The third kappa shape index (κ3) is 6.36. The number of hydrogen-bond donors (Lipinski definition) is 1. The molecule has 1 aliphatic rings. The first-order valence-electron chi connectivity index (χ1n) is 13.2. The third-order valence-corrected chi connectivity index (χ3v) is 7.08. The molecule has 5 rings (SSSR count). The highest BCUT2D eigenvalue weighted by Crippen LogP contribution is 2.32. The summed E-state index contributed by atoms with van der Waals surface area (Å²) < 4.78 is 43.0. The zero-order valence-electron chi connectivity index (χ0n) is 22.4. The number of likely N-dealkylation sites (N-methyl/N-ethyl adjacent to an activating group) is 1. The summed E-state index contributed by atoms with van der Waals surface area (Å²) in [6.45, 7) is 5.65. The highest BCUT2D eigenvalue weighted by molar-refractivity contribution is 6.04. The second-order valence-electron chi connectivity index (χ2n) is 10.00. The summed E-state index contributed by atoms with van der Waals surface area (Å²) in [7, 11) is 2.03. The van der Waals surface area contributed by atoms with Crippen molar-refractivity contribution in [3.63, 3.8) is 0 Å². The van der Waals surface area contributed by atoms with Crippen LogP contribution < -0.4 is 5.32 Å². The second-order valence-corrected chi connectivity index (χ2v) is 10.00. The van der Waals surface area contributed by atoms with Gasteiger partial charge in [-0.25, -0.2) is 4.98 Å². The summed E-state index contributed by atoms with van der Waals surface area (Å²) in [6.07, 6.45) is -0.245. The molecule has 0 unspecified atom stereocenters. The lowest BCUT2D eigenvalue weighted by Gasteiger charge is -2.32. The summed E-state index contributed by atoms with van der Waals surface area (Å²) in [5.74, 6) is 5.79. The number of imidazole rings is 1. The fraction of sp³-hybridized carbons (Fsp3) is 0.290. The van der Waals surface area contributed by atoms with E-state index in [0.717, 1.165) is 49.5 Å². The van der Waals surface area contributed by atoms with E-state index >= 15 is 0 Å². The molecule has 3 heterocycles. The van der Waals surface area contributed by atoms with Crippen LogP contribution in [0.15, 0.2) is 67.0 Å². The van der Waals surface area contributed by atoms with E-state index in [2.05, 4.69) is 31.9 Å². The van der Waals surface area contributed by atoms with Crippen LogP contribution in [0.1, 0.15) is 45.2 Å². The minimum Gasteiger partial charge on any atom is -0.322 e. The fourth-order valence-electron chi connectivity index (χ4n) is 4.79. The molecule has 4 aromatic rings. The Bertz CT molecular complexity index is 1590.